The molecule has 25 heavy (non-hydrogen) atoms. The van der Waals surface area contributed by atoms with Gasteiger partial charge in [-0.25, -0.2) is 4.79 Å². The van der Waals surface area contributed by atoms with E-state index in [2.05, 4.69) is 26.9 Å². The zero-order valence-corrected chi connectivity index (χ0v) is 17.1. The van der Waals surface area contributed by atoms with E-state index in [-0.39, 0.29) is 11.6 Å². The van der Waals surface area contributed by atoms with Crippen LogP contribution in [0.3, 0.4) is 0 Å². The van der Waals surface area contributed by atoms with Crippen LogP contribution in [0.1, 0.15) is 39.2 Å². The van der Waals surface area contributed by atoms with Gasteiger partial charge in [0, 0.05) is 30.7 Å². The van der Waals surface area contributed by atoms with Crippen LogP contribution < -0.4 is 4.74 Å². The summed E-state index contributed by atoms with van der Waals surface area (Å²) in [5.74, 6) is 0.867. The largest absolute Gasteiger partial charge is 0.497 e. The Hall–Kier alpha value is -1.27. The molecule has 1 aliphatic carbocycles. The lowest BCUT2D eigenvalue weighted by Crippen LogP contribution is -2.57. The fourth-order valence-electron chi connectivity index (χ4n) is 3.41. The van der Waals surface area contributed by atoms with Crippen molar-refractivity contribution >= 4 is 22.0 Å². The molecular weight excluding hydrogens is 384 g/mol. The molecule has 1 amide bonds. The molecule has 1 aromatic rings. The van der Waals surface area contributed by atoms with Crippen molar-refractivity contribution in [3.63, 3.8) is 0 Å². The van der Waals surface area contributed by atoms with Gasteiger partial charge >= 0.3 is 6.09 Å². The Bertz CT molecular complexity index is 653. The Morgan fingerprint density at radius 3 is 2.60 bits per heavy atom. The average Bonchev–Trinajstić information content (AvgIpc) is 3.27. The number of nitrogens with zero attached hydrogens (tertiary/aromatic N) is 2. The number of benzene rings is 1. The molecule has 1 aromatic carbocycles. The number of hydrogen-bond donors (Lipinski definition) is 0. The summed E-state index contributed by atoms with van der Waals surface area (Å²) in [6, 6.07) is 6.05. The number of carbonyl (C=O) groups excluding carboxylic acids is 1. The number of amides is 1. The van der Waals surface area contributed by atoms with Gasteiger partial charge in [-0.15, -0.1) is 0 Å². The lowest BCUT2D eigenvalue weighted by atomic mass is 10.1. The molecular formula is C19H27BrN2O3. The predicted molar refractivity (Wildman–Crippen MR) is 101 cm³/mol. The minimum Gasteiger partial charge on any atom is -0.497 e. The molecule has 138 valence electrons. The van der Waals surface area contributed by atoms with Gasteiger partial charge in [0.25, 0.3) is 0 Å². The van der Waals surface area contributed by atoms with Crippen LogP contribution in [0.2, 0.25) is 0 Å². The minimum atomic E-state index is -0.449. The van der Waals surface area contributed by atoms with Crippen molar-refractivity contribution in [2.45, 2.75) is 51.3 Å². The fourth-order valence-corrected chi connectivity index (χ4v) is 3.78. The number of halogens is 1. The Kier molecular flexibility index (Phi) is 5.04. The highest BCUT2D eigenvalue weighted by Gasteiger charge is 2.54. The molecule has 3 rings (SSSR count). The maximum Gasteiger partial charge on any atom is 0.410 e. The number of carbonyl (C=O) groups is 1. The normalized spacial score (nSPS) is 19.8. The number of methoxy groups -OCH3 is 1. The van der Waals surface area contributed by atoms with Crippen molar-refractivity contribution in [3.05, 3.63) is 28.2 Å². The lowest BCUT2D eigenvalue weighted by Gasteiger charge is -2.42. The lowest BCUT2D eigenvalue weighted by molar-refractivity contribution is -0.00811. The van der Waals surface area contributed by atoms with Crippen LogP contribution in [0.15, 0.2) is 22.7 Å². The van der Waals surface area contributed by atoms with E-state index in [0.29, 0.717) is 0 Å². The van der Waals surface area contributed by atoms with Gasteiger partial charge in [0.1, 0.15) is 11.4 Å². The molecule has 1 aliphatic heterocycles. The number of piperazine rings is 1. The van der Waals surface area contributed by atoms with E-state index in [1.54, 1.807) is 7.11 Å². The van der Waals surface area contributed by atoms with E-state index in [4.69, 9.17) is 9.47 Å². The molecule has 6 heteroatoms. The van der Waals surface area contributed by atoms with Crippen LogP contribution in [0.25, 0.3) is 0 Å². The van der Waals surface area contributed by atoms with Crippen LogP contribution in [0.5, 0.6) is 5.75 Å². The SMILES string of the molecule is COc1ccc(Br)c(CN2CCN(C(=O)OC(C)(C)C)C3(CC3)C2)c1. The summed E-state index contributed by atoms with van der Waals surface area (Å²) in [5, 5.41) is 0. The molecule has 0 atom stereocenters. The molecule has 0 unspecified atom stereocenters. The fraction of sp³-hybridized carbons (Fsp3) is 0.632. The molecule has 1 saturated carbocycles. The zero-order chi connectivity index (χ0) is 18.2. The predicted octanol–water partition coefficient (Wildman–Crippen LogP) is 4.04. The monoisotopic (exact) mass is 410 g/mol. The smallest absolute Gasteiger partial charge is 0.410 e. The summed E-state index contributed by atoms with van der Waals surface area (Å²) in [4.78, 5) is 16.9. The Morgan fingerprint density at radius 1 is 1.28 bits per heavy atom. The van der Waals surface area contributed by atoms with E-state index in [9.17, 15) is 4.79 Å². The van der Waals surface area contributed by atoms with Gasteiger partial charge in [0.15, 0.2) is 0 Å². The molecule has 5 nitrogen and oxygen atoms in total. The summed E-state index contributed by atoms with van der Waals surface area (Å²) >= 11 is 3.63. The summed E-state index contributed by atoms with van der Waals surface area (Å²) in [7, 11) is 1.69. The van der Waals surface area contributed by atoms with E-state index in [0.717, 1.165) is 49.2 Å². The van der Waals surface area contributed by atoms with Crippen LogP contribution in [-0.4, -0.2) is 53.8 Å². The average molecular weight is 411 g/mol. The second kappa shape index (κ2) is 6.80. The summed E-state index contributed by atoms with van der Waals surface area (Å²) < 4.78 is 12.0. The number of ether oxygens (including phenoxy) is 2. The molecule has 0 radical (unpaired) electrons. The second-order valence-corrected chi connectivity index (χ2v) is 8.88. The first-order chi connectivity index (χ1) is 11.7. The second-order valence-electron chi connectivity index (χ2n) is 8.02. The molecule has 2 fully saturated rings. The highest BCUT2D eigenvalue weighted by atomic mass is 79.9. The van der Waals surface area contributed by atoms with Crippen molar-refractivity contribution in [2.24, 2.45) is 0 Å². The third-order valence-corrected chi connectivity index (χ3v) is 5.59. The van der Waals surface area contributed by atoms with Crippen LogP contribution in [0, 0.1) is 0 Å². The van der Waals surface area contributed by atoms with Crippen LogP contribution in [0.4, 0.5) is 4.79 Å². The Balaban J connectivity index is 1.66. The summed E-state index contributed by atoms with van der Waals surface area (Å²) in [6.45, 7) is 9.07. The molecule has 0 bridgehead atoms. The first-order valence-corrected chi connectivity index (χ1v) is 9.57. The summed E-state index contributed by atoms with van der Waals surface area (Å²) in [5.41, 5.74) is 0.725. The molecule has 1 spiro atoms. The number of hydrogen-bond acceptors (Lipinski definition) is 4. The van der Waals surface area contributed by atoms with E-state index in [1.807, 2.05) is 37.8 Å². The van der Waals surface area contributed by atoms with E-state index in [1.165, 1.54) is 5.56 Å². The quantitative estimate of drug-likeness (QED) is 0.753. The topological polar surface area (TPSA) is 42.0 Å². The van der Waals surface area contributed by atoms with Crippen molar-refractivity contribution in [1.29, 1.82) is 0 Å². The van der Waals surface area contributed by atoms with Crippen LogP contribution >= 0.6 is 15.9 Å². The maximum absolute atomic E-state index is 12.5. The van der Waals surface area contributed by atoms with E-state index >= 15 is 0 Å². The molecule has 1 saturated heterocycles. The van der Waals surface area contributed by atoms with Crippen molar-refractivity contribution in [2.75, 3.05) is 26.7 Å². The first-order valence-electron chi connectivity index (χ1n) is 8.78. The standard InChI is InChI=1S/C19H27BrN2O3/c1-18(2,3)25-17(23)22-10-9-21(13-19(22)7-8-19)12-14-11-15(24-4)5-6-16(14)20/h5-6,11H,7-10,12-13H2,1-4H3. The highest BCUT2D eigenvalue weighted by molar-refractivity contribution is 9.10. The van der Waals surface area contributed by atoms with Gasteiger partial charge in [0.2, 0.25) is 0 Å². The minimum absolute atomic E-state index is 0.0358. The highest BCUT2D eigenvalue weighted by Crippen LogP contribution is 2.45. The van der Waals surface area contributed by atoms with Crippen molar-refractivity contribution < 1.29 is 14.3 Å². The van der Waals surface area contributed by atoms with Gasteiger partial charge < -0.3 is 9.47 Å². The molecule has 1 heterocycles. The van der Waals surface area contributed by atoms with Gasteiger partial charge in [-0.1, -0.05) is 15.9 Å². The Labute approximate surface area is 158 Å². The molecule has 0 N–H and O–H groups in total. The van der Waals surface area contributed by atoms with Gasteiger partial charge in [-0.05, 0) is 57.4 Å². The number of rotatable bonds is 3. The van der Waals surface area contributed by atoms with Gasteiger partial charge in [0.05, 0.1) is 12.6 Å². The van der Waals surface area contributed by atoms with Gasteiger partial charge in [-0.2, -0.15) is 0 Å². The third-order valence-electron chi connectivity index (χ3n) is 4.82. The van der Waals surface area contributed by atoms with Gasteiger partial charge in [-0.3, -0.25) is 9.80 Å². The maximum atomic E-state index is 12.5. The van der Waals surface area contributed by atoms with Crippen molar-refractivity contribution in [1.82, 2.24) is 9.80 Å². The van der Waals surface area contributed by atoms with E-state index < -0.39 is 5.60 Å². The molecule has 2 aliphatic rings. The van der Waals surface area contributed by atoms with Crippen molar-refractivity contribution in [3.8, 4) is 5.75 Å². The third kappa shape index (κ3) is 4.29. The summed E-state index contributed by atoms with van der Waals surface area (Å²) in [6.07, 6.45) is 1.94. The van der Waals surface area contributed by atoms with Crippen LogP contribution in [-0.2, 0) is 11.3 Å². The molecule has 0 aromatic heterocycles. The zero-order valence-electron chi connectivity index (χ0n) is 15.5. The Morgan fingerprint density at radius 2 is 2.00 bits per heavy atom. The first kappa shape index (κ1) is 18.5.